The molecule has 0 bridgehead atoms. The lowest BCUT2D eigenvalue weighted by Crippen LogP contribution is -2.43. The summed E-state index contributed by atoms with van der Waals surface area (Å²) in [6.45, 7) is 6.51. The number of likely N-dealkylation sites (N-methyl/N-ethyl adjacent to an activating group) is 1. The third-order valence-corrected chi connectivity index (χ3v) is 5.36. The van der Waals surface area contributed by atoms with E-state index in [0.717, 1.165) is 49.8 Å². The Bertz CT molecular complexity index is 787. The Labute approximate surface area is 179 Å². The van der Waals surface area contributed by atoms with Gasteiger partial charge in [-0.2, -0.15) is 0 Å². The SMILES string of the molecule is COc1ccc(OCCCC(=O)NCc2cccc(CN3CCN(C)CC3)c2)cc1. The Kier molecular flexibility index (Phi) is 8.53. The van der Waals surface area contributed by atoms with Crippen LogP contribution in [0.5, 0.6) is 11.5 Å². The zero-order valence-electron chi connectivity index (χ0n) is 18.1. The molecule has 6 heteroatoms. The summed E-state index contributed by atoms with van der Waals surface area (Å²) in [5.41, 5.74) is 2.45. The van der Waals surface area contributed by atoms with Gasteiger partial charge in [-0.3, -0.25) is 9.69 Å². The van der Waals surface area contributed by atoms with Crippen molar-refractivity contribution in [2.24, 2.45) is 0 Å². The van der Waals surface area contributed by atoms with Crippen LogP contribution < -0.4 is 14.8 Å². The van der Waals surface area contributed by atoms with E-state index in [1.54, 1.807) is 7.11 Å². The number of rotatable bonds is 10. The van der Waals surface area contributed by atoms with Gasteiger partial charge in [-0.05, 0) is 48.9 Å². The maximum Gasteiger partial charge on any atom is 0.220 e. The molecule has 2 aromatic rings. The van der Waals surface area contributed by atoms with Gasteiger partial charge in [0.2, 0.25) is 5.91 Å². The first-order valence-corrected chi connectivity index (χ1v) is 10.6. The van der Waals surface area contributed by atoms with Crippen LogP contribution in [0, 0.1) is 0 Å². The van der Waals surface area contributed by atoms with Crippen molar-refractivity contribution in [2.45, 2.75) is 25.9 Å². The summed E-state index contributed by atoms with van der Waals surface area (Å²) < 4.78 is 10.8. The number of piperazine rings is 1. The number of carbonyl (C=O) groups is 1. The zero-order valence-corrected chi connectivity index (χ0v) is 18.1. The van der Waals surface area contributed by atoms with E-state index >= 15 is 0 Å². The maximum absolute atomic E-state index is 12.1. The lowest BCUT2D eigenvalue weighted by molar-refractivity contribution is -0.121. The monoisotopic (exact) mass is 411 g/mol. The molecule has 1 N–H and O–H groups in total. The molecule has 0 saturated carbocycles. The normalized spacial score (nSPS) is 15.0. The summed E-state index contributed by atoms with van der Waals surface area (Å²) >= 11 is 0. The lowest BCUT2D eigenvalue weighted by Gasteiger charge is -2.32. The van der Waals surface area contributed by atoms with Crippen LogP contribution in [0.15, 0.2) is 48.5 Å². The predicted octanol–water partition coefficient (Wildman–Crippen LogP) is 2.92. The average Bonchev–Trinajstić information content (AvgIpc) is 2.77. The minimum absolute atomic E-state index is 0.0535. The number of methoxy groups -OCH3 is 1. The number of ether oxygens (including phenoxy) is 2. The topological polar surface area (TPSA) is 54.0 Å². The van der Waals surface area contributed by atoms with Crippen LogP contribution in [-0.2, 0) is 17.9 Å². The Hall–Kier alpha value is -2.57. The Morgan fingerprint density at radius 2 is 1.70 bits per heavy atom. The van der Waals surface area contributed by atoms with Crippen molar-refractivity contribution >= 4 is 5.91 Å². The summed E-state index contributed by atoms with van der Waals surface area (Å²) in [5, 5.41) is 3.02. The average molecular weight is 412 g/mol. The van der Waals surface area contributed by atoms with Gasteiger partial charge >= 0.3 is 0 Å². The molecule has 162 valence electrons. The molecule has 1 fully saturated rings. The zero-order chi connectivity index (χ0) is 21.2. The minimum Gasteiger partial charge on any atom is -0.497 e. The van der Waals surface area contributed by atoms with E-state index in [4.69, 9.17) is 9.47 Å². The van der Waals surface area contributed by atoms with Crippen molar-refractivity contribution in [3.8, 4) is 11.5 Å². The third kappa shape index (κ3) is 7.35. The van der Waals surface area contributed by atoms with Gasteiger partial charge < -0.3 is 19.7 Å². The molecule has 1 aliphatic heterocycles. The Balaban J connectivity index is 1.34. The van der Waals surface area contributed by atoms with Crippen molar-refractivity contribution in [3.63, 3.8) is 0 Å². The fraction of sp³-hybridized carbons (Fsp3) is 0.458. The van der Waals surface area contributed by atoms with Gasteiger partial charge in [-0.1, -0.05) is 24.3 Å². The largest absolute Gasteiger partial charge is 0.497 e. The number of hydrogen-bond donors (Lipinski definition) is 1. The summed E-state index contributed by atoms with van der Waals surface area (Å²) in [6.07, 6.45) is 1.14. The fourth-order valence-corrected chi connectivity index (χ4v) is 3.49. The van der Waals surface area contributed by atoms with Crippen molar-refractivity contribution in [1.29, 1.82) is 0 Å². The van der Waals surface area contributed by atoms with Crippen LogP contribution in [-0.4, -0.2) is 62.7 Å². The quantitative estimate of drug-likeness (QED) is 0.610. The van der Waals surface area contributed by atoms with E-state index in [0.29, 0.717) is 26.0 Å². The molecule has 6 nitrogen and oxygen atoms in total. The maximum atomic E-state index is 12.1. The fourth-order valence-electron chi connectivity index (χ4n) is 3.49. The molecule has 30 heavy (non-hydrogen) atoms. The highest BCUT2D eigenvalue weighted by atomic mass is 16.5. The second-order valence-corrected chi connectivity index (χ2v) is 7.80. The Morgan fingerprint density at radius 3 is 2.43 bits per heavy atom. The van der Waals surface area contributed by atoms with E-state index in [-0.39, 0.29) is 5.91 Å². The van der Waals surface area contributed by atoms with Crippen LogP contribution in [0.2, 0.25) is 0 Å². The smallest absolute Gasteiger partial charge is 0.220 e. The van der Waals surface area contributed by atoms with E-state index in [9.17, 15) is 4.79 Å². The third-order valence-electron chi connectivity index (χ3n) is 5.36. The number of nitrogens with zero attached hydrogens (tertiary/aromatic N) is 2. The molecule has 1 saturated heterocycles. The van der Waals surface area contributed by atoms with Gasteiger partial charge in [0.1, 0.15) is 11.5 Å². The molecule has 3 rings (SSSR count). The van der Waals surface area contributed by atoms with E-state index in [2.05, 4.69) is 46.4 Å². The van der Waals surface area contributed by atoms with Crippen LogP contribution in [0.1, 0.15) is 24.0 Å². The molecular weight excluding hydrogens is 378 g/mol. The van der Waals surface area contributed by atoms with Gasteiger partial charge in [0.05, 0.1) is 13.7 Å². The van der Waals surface area contributed by atoms with Gasteiger partial charge in [0.25, 0.3) is 0 Å². The highest BCUT2D eigenvalue weighted by Gasteiger charge is 2.14. The summed E-state index contributed by atoms with van der Waals surface area (Å²) in [4.78, 5) is 17.0. The first-order chi connectivity index (χ1) is 14.6. The van der Waals surface area contributed by atoms with Crippen LogP contribution >= 0.6 is 0 Å². The number of benzene rings is 2. The van der Waals surface area contributed by atoms with Gasteiger partial charge in [0.15, 0.2) is 0 Å². The van der Waals surface area contributed by atoms with Crippen LogP contribution in [0.4, 0.5) is 0 Å². The molecule has 0 atom stereocenters. The summed E-state index contributed by atoms with van der Waals surface area (Å²) in [6, 6.07) is 16.0. The highest BCUT2D eigenvalue weighted by molar-refractivity contribution is 5.75. The highest BCUT2D eigenvalue weighted by Crippen LogP contribution is 2.17. The molecule has 0 radical (unpaired) electrons. The second kappa shape index (κ2) is 11.6. The van der Waals surface area contributed by atoms with Crippen molar-refractivity contribution in [2.75, 3.05) is 46.9 Å². The first-order valence-electron chi connectivity index (χ1n) is 10.6. The van der Waals surface area contributed by atoms with Gasteiger partial charge in [0, 0.05) is 45.7 Å². The first kappa shape index (κ1) is 22.1. The van der Waals surface area contributed by atoms with Gasteiger partial charge in [-0.15, -0.1) is 0 Å². The molecule has 1 heterocycles. The lowest BCUT2D eigenvalue weighted by atomic mass is 10.1. The van der Waals surface area contributed by atoms with Crippen LogP contribution in [0.3, 0.4) is 0 Å². The molecule has 1 aliphatic rings. The Morgan fingerprint density at radius 1 is 1.00 bits per heavy atom. The predicted molar refractivity (Wildman–Crippen MR) is 119 cm³/mol. The number of hydrogen-bond acceptors (Lipinski definition) is 5. The molecule has 1 amide bonds. The molecule has 0 spiro atoms. The molecular formula is C24H33N3O3. The molecule has 2 aromatic carbocycles. The van der Waals surface area contributed by atoms with Gasteiger partial charge in [-0.25, -0.2) is 0 Å². The second-order valence-electron chi connectivity index (χ2n) is 7.80. The van der Waals surface area contributed by atoms with E-state index < -0.39 is 0 Å². The summed E-state index contributed by atoms with van der Waals surface area (Å²) in [7, 11) is 3.81. The van der Waals surface area contributed by atoms with E-state index in [1.165, 1.54) is 5.56 Å². The van der Waals surface area contributed by atoms with E-state index in [1.807, 2.05) is 24.3 Å². The van der Waals surface area contributed by atoms with Crippen LogP contribution in [0.25, 0.3) is 0 Å². The van der Waals surface area contributed by atoms with Crippen molar-refractivity contribution < 1.29 is 14.3 Å². The molecule has 0 unspecified atom stereocenters. The molecule has 0 aliphatic carbocycles. The van der Waals surface area contributed by atoms with Crippen molar-refractivity contribution in [1.82, 2.24) is 15.1 Å². The standard InChI is InChI=1S/C24H33N3O3/c1-26-12-14-27(15-13-26)19-21-6-3-5-20(17-21)18-25-24(28)7-4-16-30-23-10-8-22(29-2)9-11-23/h3,5-6,8-11,17H,4,7,12-16,18-19H2,1-2H3,(H,25,28). The number of nitrogens with one attached hydrogen (secondary N) is 1. The molecule has 0 aromatic heterocycles. The number of amides is 1. The van der Waals surface area contributed by atoms with Crippen molar-refractivity contribution in [3.05, 3.63) is 59.7 Å². The summed E-state index contributed by atoms with van der Waals surface area (Å²) in [5.74, 6) is 1.64. The number of carbonyl (C=O) groups excluding carboxylic acids is 1. The minimum atomic E-state index is 0.0535.